The lowest BCUT2D eigenvalue weighted by Gasteiger charge is -2.43. The zero-order chi connectivity index (χ0) is 23.0. The van der Waals surface area contributed by atoms with Gasteiger partial charge in [0, 0.05) is 37.2 Å². The average molecular weight is 449 g/mol. The number of carbonyl (C=O) groups excluding carboxylic acids is 2. The van der Waals surface area contributed by atoms with Crippen LogP contribution in [0.3, 0.4) is 0 Å². The zero-order valence-electron chi connectivity index (χ0n) is 18.2. The second kappa shape index (κ2) is 8.44. The molecule has 0 unspecified atom stereocenters. The summed E-state index contributed by atoms with van der Waals surface area (Å²) in [7, 11) is 1.64. The van der Waals surface area contributed by atoms with E-state index in [2.05, 4.69) is 16.5 Å². The molecule has 8 heteroatoms. The van der Waals surface area contributed by atoms with Crippen LogP contribution in [-0.4, -0.2) is 48.2 Å². The van der Waals surface area contributed by atoms with Gasteiger partial charge in [-0.1, -0.05) is 35.5 Å². The first-order valence-corrected chi connectivity index (χ1v) is 10.9. The zero-order valence-corrected chi connectivity index (χ0v) is 18.2. The molecule has 3 aromatic rings. The summed E-state index contributed by atoms with van der Waals surface area (Å²) in [6, 6.07) is 14.8. The van der Waals surface area contributed by atoms with E-state index in [1.807, 2.05) is 18.2 Å². The molecule has 2 amide bonds. The highest BCUT2D eigenvalue weighted by molar-refractivity contribution is 5.94. The second-order valence-electron chi connectivity index (χ2n) is 8.53. The summed E-state index contributed by atoms with van der Waals surface area (Å²) in [6.45, 7) is 1.05. The Morgan fingerprint density at radius 1 is 1.15 bits per heavy atom. The first-order chi connectivity index (χ1) is 16.0. The first-order valence-electron chi connectivity index (χ1n) is 10.9. The van der Waals surface area contributed by atoms with E-state index in [1.54, 1.807) is 24.1 Å². The van der Waals surface area contributed by atoms with Crippen molar-refractivity contribution in [2.24, 2.45) is 0 Å². The molecule has 2 aliphatic rings. The minimum atomic E-state index is -0.460. The Bertz CT molecular complexity index is 1170. The Balaban J connectivity index is 1.42. The molecule has 5 rings (SSSR count). The van der Waals surface area contributed by atoms with Crippen molar-refractivity contribution in [2.75, 3.05) is 20.2 Å². The van der Waals surface area contributed by atoms with E-state index in [-0.39, 0.29) is 34.7 Å². The largest absolute Gasteiger partial charge is 0.378 e. The van der Waals surface area contributed by atoms with Gasteiger partial charge in [-0.2, -0.15) is 0 Å². The molecule has 1 N–H and O–H groups in total. The molecule has 2 heterocycles. The third kappa shape index (κ3) is 3.60. The fraction of sp³-hybridized carbons (Fsp3) is 0.320. The highest BCUT2D eigenvalue weighted by Gasteiger charge is 2.54. The van der Waals surface area contributed by atoms with Gasteiger partial charge in [0.25, 0.3) is 11.8 Å². The number of aromatic nitrogens is 1. The molecule has 1 aliphatic carbocycles. The Morgan fingerprint density at radius 3 is 2.64 bits per heavy atom. The van der Waals surface area contributed by atoms with Gasteiger partial charge in [0.2, 0.25) is 5.76 Å². The van der Waals surface area contributed by atoms with Gasteiger partial charge in [0.1, 0.15) is 5.82 Å². The summed E-state index contributed by atoms with van der Waals surface area (Å²) in [4.78, 5) is 27.5. The SMILES string of the molecule is CO[C@@H]1[C@@H](NC(=O)c2cccc(F)c2)c2ccccc2C12CCN(C(=O)c1ccno1)CC2. The molecule has 0 saturated carbocycles. The van der Waals surface area contributed by atoms with Gasteiger partial charge in [0.15, 0.2) is 0 Å². The van der Waals surface area contributed by atoms with E-state index in [1.165, 1.54) is 24.4 Å². The van der Waals surface area contributed by atoms with Crippen LogP contribution in [0.25, 0.3) is 0 Å². The number of nitrogens with zero attached hydrogens (tertiary/aromatic N) is 2. The van der Waals surface area contributed by atoms with E-state index < -0.39 is 11.9 Å². The van der Waals surface area contributed by atoms with E-state index in [0.717, 1.165) is 11.1 Å². The number of methoxy groups -OCH3 is 1. The monoisotopic (exact) mass is 449 g/mol. The summed E-state index contributed by atoms with van der Waals surface area (Å²) >= 11 is 0. The van der Waals surface area contributed by atoms with Crippen LogP contribution in [-0.2, 0) is 10.2 Å². The number of carbonyl (C=O) groups is 2. The number of rotatable bonds is 4. The summed E-state index contributed by atoms with van der Waals surface area (Å²) in [5, 5.41) is 6.70. The number of benzene rings is 2. The predicted molar refractivity (Wildman–Crippen MR) is 117 cm³/mol. The third-order valence-electron chi connectivity index (χ3n) is 6.90. The molecule has 2 aromatic carbocycles. The molecule has 1 aliphatic heterocycles. The Kier molecular flexibility index (Phi) is 5.46. The smallest absolute Gasteiger partial charge is 0.292 e. The second-order valence-corrected chi connectivity index (χ2v) is 8.53. The third-order valence-corrected chi connectivity index (χ3v) is 6.90. The van der Waals surface area contributed by atoms with Crippen molar-refractivity contribution in [3.05, 3.63) is 89.1 Å². The maximum Gasteiger partial charge on any atom is 0.292 e. The van der Waals surface area contributed by atoms with Crippen LogP contribution in [0.2, 0.25) is 0 Å². The van der Waals surface area contributed by atoms with E-state index >= 15 is 0 Å². The minimum Gasteiger partial charge on any atom is -0.378 e. The van der Waals surface area contributed by atoms with Crippen molar-refractivity contribution >= 4 is 11.8 Å². The summed E-state index contributed by atoms with van der Waals surface area (Å²) in [5.74, 6) is -0.774. The van der Waals surface area contributed by atoms with Crippen LogP contribution in [0.4, 0.5) is 4.39 Å². The molecule has 7 nitrogen and oxygen atoms in total. The molecular weight excluding hydrogens is 425 g/mol. The maximum absolute atomic E-state index is 13.7. The van der Waals surface area contributed by atoms with Gasteiger partial charge in [-0.15, -0.1) is 0 Å². The molecule has 1 aromatic heterocycles. The van der Waals surface area contributed by atoms with Crippen LogP contribution in [0, 0.1) is 5.82 Å². The number of nitrogens with one attached hydrogen (secondary N) is 1. The van der Waals surface area contributed by atoms with Gasteiger partial charge in [-0.3, -0.25) is 9.59 Å². The van der Waals surface area contributed by atoms with Crippen molar-refractivity contribution in [3.8, 4) is 0 Å². The highest BCUT2D eigenvalue weighted by Crippen LogP contribution is 2.52. The lowest BCUT2D eigenvalue weighted by molar-refractivity contribution is -0.00979. The number of halogens is 1. The summed E-state index contributed by atoms with van der Waals surface area (Å²) in [6.07, 6.45) is 2.48. The molecule has 2 atom stereocenters. The van der Waals surface area contributed by atoms with Crippen molar-refractivity contribution in [3.63, 3.8) is 0 Å². The van der Waals surface area contributed by atoms with Crippen molar-refractivity contribution in [2.45, 2.75) is 30.4 Å². The number of ether oxygens (including phenoxy) is 1. The Morgan fingerprint density at radius 2 is 1.94 bits per heavy atom. The van der Waals surface area contributed by atoms with Gasteiger partial charge in [-0.25, -0.2) is 4.39 Å². The average Bonchev–Trinajstić information content (AvgIpc) is 3.46. The van der Waals surface area contributed by atoms with Crippen molar-refractivity contribution in [1.29, 1.82) is 0 Å². The van der Waals surface area contributed by atoms with Crippen LogP contribution in [0.5, 0.6) is 0 Å². The Hall–Kier alpha value is -3.52. The number of likely N-dealkylation sites (tertiary alicyclic amines) is 1. The molecule has 0 bridgehead atoms. The van der Waals surface area contributed by atoms with Crippen molar-refractivity contribution < 1.29 is 23.2 Å². The van der Waals surface area contributed by atoms with Gasteiger partial charge < -0.3 is 19.5 Å². The van der Waals surface area contributed by atoms with Crippen LogP contribution >= 0.6 is 0 Å². The molecule has 33 heavy (non-hydrogen) atoms. The maximum atomic E-state index is 13.7. The standard InChI is InChI=1S/C25H24FN3O4/c1-32-22-21(28-23(30)16-5-4-6-17(26)15-16)18-7-2-3-8-19(18)25(22)10-13-29(14-11-25)24(31)20-9-12-27-33-20/h2-9,12,15,21-22H,10-11,13-14H2,1H3,(H,28,30)/t21-,22+/m0/s1. The number of amides is 2. The number of fused-ring (bicyclic) bond motifs is 2. The normalized spacial score (nSPS) is 21.1. The first kappa shape index (κ1) is 21.3. The number of piperidine rings is 1. The predicted octanol–water partition coefficient (Wildman–Crippen LogP) is 3.49. The van der Waals surface area contributed by atoms with Gasteiger partial charge in [-0.05, 0) is 42.2 Å². The van der Waals surface area contributed by atoms with Crippen LogP contribution in [0.1, 0.15) is 50.9 Å². The summed E-state index contributed by atoms with van der Waals surface area (Å²) in [5.41, 5.74) is 2.01. The van der Waals surface area contributed by atoms with Crippen molar-refractivity contribution in [1.82, 2.24) is 15.4 Å². The molecule has 170 valence electrons. The van der Waals surface area contributed by atoms with Crippen LogP contribution in [0.15, 0.2) is 65.3 Å². The summed E-state index contributed by atoms with van der Waals surface area (Å²) < 4.78 is 24.7. The number of hydrogen-bond acceptors (Lipinski definition) is 5. The van der Waals surface area contributed by atoms with E-state index in [4.69, 9.17) is 9.26 Å². The van der Waals surface area contributed by atoms with Gasteiger partial charge in [0.05, 0.1) is 18.3 Å². The van der Waals surface area contributed by atoms with E-state index in [0.29, 0.717) is 25.9 Å². The number of hydrogen-bond donors (Lipinski definition) is 1. The van der Waals surface area contributed by atoms with Crippen LogP contribution < -0.4 is 5.32 Å². The minimum absolute atomic E-state index is 0.182. The molecule has 1 spiro atoms. The fourth-order valence-corrected chi connectivity index (χ4v) is 5.37. The van der Waals surface area contributed by atoms with Gasteiger partial charge >= 0.3 is 0 Å². The molecule has 0 radical (unpaired) electrons. The molecule has 1 saturated heterocycles. The Labute approximate surface area is 190 Å². The lowest BCUT2D eigenvalue weighted by Crippen LogP contribution is -2.51. The lowest BCUT2D eigenvalue weighted by atomic mass is 9.72. The highest BCUT2D eigenvalue weighted by atomic mass is 19.1. The van der Waals surface area contributed by atoms with E-state index in [9.17, 15) is 14.0 Å². The quantitative estimate of drug-likeness (QED) is 0.659. The molecule has 1 fully saturated rings. The molecular formula is C25H24FN3O4. The fourth-order valence-electron chi connectivity index (χ4n) is 5.37. The topological polar surface area (TPSA) is 84.7 Å².